The molecule has 0 saturated heterocycles. The maximum atomic E-state index is 11.0. The predicted molar refractivity (Wildman–Crippen MR) is 52.9 cm³/mol. The monoisotopic (exact) mass is 189 g/mol. The van der Waals surface area contributed by atoms with Crippen molar-refractivity contribution in [2.75, 3.05) is 6.54 Å². The first-order chi connectivity index (χ1) is 6.77. The van der Waals surface area contributed by atoms with Gasteiger partial charge in [-0.2, -0.15) is 5.10 Å². The average molecular weight is 189 g/mol. The summed E-state index contributed by atoms with van der Waals surface area (Å²) >= 11 is 0. The molecule has 1 atom stereocenters. The lowest BCUT2D eigenvalue weighted by molar-refractivity contribution is -0.128. The van der Waals surface area contributed by atoms with Crippen LogP contribution in [0.1, 0.15) is 18.4 Å². The van der Waals surface area contributed by atoms with Crippen LogP contribution < -0.4 is 0 Å². The van der Waals surface area contributed by atoms with Crippen LogP contribution >= 0.6 is 0 Å². The van der Waals surface area contributed by atoms with Gasteiger partial charge in [0.25, 0.3) is 0 Å². The van der Waals surface area contributed by atoms with Gasteiger partial charge in [-0.3, -0.25) is 9.78 Å². The Labute approximate surface area is 82.3 Å². The van der Waals surface area contributed by atoms with E-state index < -0.39 is 0 Å². The zero-order chi connectivity index (χ0) is 9.97. The molecule has 0 aromatic carbocycles. The van der Waals surface area contributed by atoms with Crippen LogP contribution in [0, 0.1) is 0 Å². The molecule has 1 aliphatic heterocycles. The van der Waals surface area contributed by atoms with E-state index in [4.69, 9.17) is 0 Å². The van der Waals surface area contributed by atoms with E-state index in [1.165, 1.54) is 11.9 Å². The first-order valence-electron chi connectivity index (χ1n) is 4.49. The number of carbonyl (C=O) groups is 1. The zero-order valence-electron chi connectivity index (χ0n) is 7.92. The van der Waals surface area contributed by atoms with Gasteiger partial charge in [-0.25, -0.2) is 5.01 Å². The lowest BCUT2D eigenvalue weighted by atomic mass is 10.0. The molecule has 14 heavy (non-hydrogen) atoms. The Bertz CT molecular complexity index is 361. The van der Waals surface area contributed by atoms with Crippen molar-refractivity contribution in [2.45, 2.75) is 12.8 Å². The third kappa shape index (κ3) is 1.64. The molecule has 0 N–H and O–H groups in total. The highest BCUT2D eigenvalue weighted by Crippen LogP contribution is 2.19. The molecule has 0 unspecified atom stereocenters. The number of rotatable bonds is 1. The van der Waals surface area contributed by atoms with Crippen LogP contribution in [0.3, 0.4) is 0 Å². The number of carbonyl (C=O) groups excluding carboxylic acids is 1. The van der Waals surface area contributed by atoms with Crippen molar-refractivity contribution in [3.8, 4) is 0 Å². The molecule has 72 valence electrons. The van der Waals surface area contributed by atoms with Crippen molar-refractivity contribution in [2.24, 2.45) is 5.10 Å². The van der Waals surface area contributed by atoms with Crippen molar-refractivity contribution >= 4 is 12.1 Å². The smallest absolute Gasteiger partial charge is 0.239 e. The van der Waals surface area contributed by atoms with Crippen molar-refractivity contribution in [1.82, 2.24) is 9.99 Å². The van der Waals surface area contributed by atoms with Gasteiger partial charge in [0.1, 0.15) is 0 Å². The summed E-state index contributed by atoms with van der Waals surface area (Å²) in [5, 5.41) is 5.51. The van der Waals surface area contributed by atoms with E-state index >= 15 is 0 Å². The van der Waals surface area contributed by atoms with Crippen LogP contribution in [-0.4, -0.2) is 28.7 Å². The highest BCUT2D eigenvalue weighted by molar-refractivity contribution is 5.79. The minimum absolute atomic E-state index is 0.0159. The Kier molecular flexibility index (Phi) is 2.26. The van der Waals surface area contributed by atoms with Gasteiger partial charge in [0, 0.05) is 31.4 Å². The van der Waals surface area contributed by atoms with Crippen molar-refractivity contribution in [3.05, 3.63) is 30.1 Å². The summed E-state index contributed by atoms with van der Waals surface area (Å²) in [6, 6.07) is 3.89. The fourth-order valence-corrected chi connectivity index (χ4v) is 1.45. The number of hydrogen-bond acceptors (Lipinski definition) is 3. The van der Waals surface area contributed by atoms with Crippen molar-refractivity contribution in [3.63, 3.8) is 0 Å². The van der Waals surface area contributed by atoms with E-state index in [0.29, 0.717) is 6.54 Å². The molecule has 1 aliphatic rings. The number of amides is 1. The second-order valence-corrected chi connectivity index (χ2v) is 3.25. The number of hydrogen-bond donors (Lipinski definition) is 0. The maximum absolute atomic E-state index is 11.0. The molecule has 0 fully saturated rings. The lowest BCUT2D eigenvalue weighted by Gasteiger charge is -2.11. The normalized spacial score (nSPS) is 20.1. The molecular weight excluding hydrogens is 178 g/mol. The molecule has 1 aromatic heterocycles. The van der Waals surface area contributed by atoms with Crippen LogP contribution in [0.2, 0.25) is 0 Å². The van der Waals surface area contributed by atoms with Gasteiger partial charge in [0.15, 0.2) is 0 Å². The summed E-state index contributed by atoms with van der Waals surface area (Å²) in [4.78, 5) is 15.0. The molecule has 0 spiro atoms. The van der Waals surface area contributed by atoms with Crippen LogP contribution in [0.25, 0.3) is 0 Å². The minimum Gasteiger partial charge on any atom is -0.273 e. The van der Waals surface area contributed by atoms with Crippen LogP contribution in [0.4, 0.5) is 0 Å². The fourth-order valence-electron chi connectivity index (χ4n) is 1.45. The van der Waals surface area contributed by atoms with Crippen LogP contribution in [0.15, 0.2) is 29.6 Å². The molecular formula is C10H11N3O. The van der Waals surface area contributed by atoms with Gasteiger partial charge in [0.05, 0.1) is 6.54 Å². The first kappa shape index (κ1) is 8.87. The van der Waals surface area contributed by atoms with E-state index in [1.807, 2.05) is 12.1 Å². The van der Waals surface area contributed by atoms with Gasteiger partial charge in [-0.1, -0.05) is 0 Å². The molecule has 4 nitrogen and oxygen atoms in total. The summed E-state index contributed by atoms with van der Waals surface area (Å²) < 4.78 is 0. The molecule has 2 rings (SSSR count). The molecule has 0 radical (unpaired) electrons. The molecule has 0 bridgehead atoms. The zero-order valence-corrected chi connectivity index (χ0v) is 7.92. The molecule has 0 aliphatic carbocycles. The summed E-state index contributed by atoms with van der Waals surface area (Å²) in [6.07, 6.45) is 5.30. The third-order valence-electron chi connectivity index (χ3n) is 2.25. The predicted octanol–water partition coefficient (Wildman–Crippen LogP) is 1.01. The van der Waals surface area contributed by atoms with Gasteiger partial charge in [0.2, 0.25) is 5.91 Å². The molecule has 0 saturated carbocycles. The highest BCUT2D eigenvalue weighted by atomic mass is 16.2. The Morgan fingerprint density at radius 2 is 2.21 bits per heavy atom. The fraction of sp³-hybridized carbons (Fsp3) is 0.300. The van der Waals surface area contributed by atoms with Crippen molar-refractivity contribution in [1.29, 1.82) is 0 Å². The maximum Gasteiger partial charge on any atom is 0.239 e. The second kappa shape index (κ2) is 3.57. The Hall–Kier alpha value is -1.71. The summed E-state index contributed by atoms with van der Waals surface area (Å²) in [5.74, 6) is 0.194. The SMILES string of the molecule is CC(=O)N1C[C@@H](c2ccncc2)C=N1. The second-order valence-electron chi connectivity index (χ2n) is 3.25. The Morgan fingerprint density at radius 1 is 1.50 bits per heavy atom. The van der Waals surface area contributed by atoms with Crippen LogP contribution in [-0.2, 0) is 4.79 Å². The number of aromatic nitrogens is 1. The molecule has 4 heteroatoms. The molecule has 2 heterocycles. The summed E-state index contributed by atoms with van der Waals surface area (Å²) in [5.41, 5.74) is 1.15. The third-order valence-corrected chi connectivity index (χ3v) is 2.25. The topological polar surface area (TPSA) is 45.6 Å². The highest BCUT2D eigenvalue weighted by Gasteiger charge is 2.21. The van der Waals surface area contributed by atoms with Crippen LogP contribution in [0.5, 0.6) is 0 Å². The van der Waals surface area contributed by atoms with Gasteiger partial charge in [-0.15, -0.1) is 0 Å². The summed E-state index contributed by atoms with van der Waals surface area (Å²) in [6.45, 7) is 2.16. The van der Waals surface area contributed by atoms with Gasteiger partial charge < -0.3 is 0 Å². The van der Waals surface area contributed by atoms with Gasteiger partial charge >= 0.3 is 0 Å². The van der Waals surface area contributed by atoms with E-state index in [2.05, 4.69) is 10.1 Å². The van der Waals surface area contributed by atoms with E-state index in [-0.39, 0.29) is 11.8 Å². The number of nitrogens with zero attached hydrogens (tertiary/aromatic N) is 3. The summed E-state index contributed by atoms with van der Waals surface area (Å²) in [7, 11) is 0. The Balaban J connectivity index is 2.11. The number of pyridine rings is 1. The van der Waals surface area contributed by atoms with Crippen molar-refractivity contribution < 1.29 is 4.79 Å². The standard InChI is InChI=1S/C10H11N3O/c1-8(14)13-7-10(6-12-13)9-2-4-11-5-3-9/h2-6,10H,7H2,1H3/t10-/m0/s1. The quantitative estimate of drug-likeness (QED) is 0.662. The Morgan fingerprint density at radius 3 is 2.79 bits per heavy atom. The average Bonchev–Trinajstić information content (AvgIpc) is 2.68. The van der Waals surface area contributed by atoms with Gasteiger partial charge in [-0.05, 0) is 17.7 Å². The van der Waals surface area contributed by atoms with E-state index in [9.17, 15) is 4.79 Å². The van der Waals surface area contributed by atoms with E-state index in [0.717, 1.165) is 5.56 Å². The number of hydrazone groups is 1. The minimum atomic E-state index is -0.0159. The lowest BCUT2D eigenvalue weighted by Crippen LogP contribution is -2.22. The van der Waals surface area contributed by atoms with E-state index in [1.54, 1.807) is 18.6 Å². The largest absolute Gasteiger partial charge is 0.273 e. The molecule has 1 aromatic rings. The molecule has 1 amide bonds. The first-order valence-corrected chi connectivity index (χ1v) is 4.49.